The average Bonchev–Trinajstić information content (AvgIpc) is 2.15. The van der Waals surface area contributed by atoms with E-state index in [1.165, 1.54) is 18.7 Å². The lowest BCUT2D eigenvalue weighted by atomic mass is 10.0. The van der Waals surface area contributed by atoms with Gasteiger partial charge in [0.15, 0.2) is 0 Å². The monoisotopic (exact) mass is 217 g/mol. The highest BCUT2D eigenvalue weighted by atomic mass is 16.4. The topological polar surface area (TPSA) is 95.7 Å². The Morgan fingerprint density at radius 1 is 1.47 bits per heavy atom. The molecule has 0 aromatic heterocycles. The van der Waals surface area contributed by atoms with Crippen LogP contribution in [0.4, 0.5) is 4.79 Å². The van der Waals surface area contributed by atoms with Crippen LogP contribution in [0.25, 0.3) is 0 Å². The molecule has 0 bridgehead atoms. The summed E-state index contributed by atoms with van der Waals surface area (Å²) in [5.74, 6) is -1.03. The Morgan fingerprint density at radius 2 is 2.00 bits per heavy atom. The van der Waals surface area contributed by atoms with Gasteiger partial charge >= 0.3 is 12.0 Å². The molecule has 15 heavy (non-hydrogen) atoms. The molecule has 0 spiro atoms. The van der Waals surface area contributed by atoms with Crippen LogP contribution in [0.1, 0.15) is 20.8 Å². The molecule has 0 aromatic carbocycles. The zero-order valence-corrected chi connectivity index (χ0v) is 9.41. The number of carboxylic acids is 1. The first-order valence-electron chi connectivity index (χ1n) is 4.86. The van der Waals surface area contributed by atoms with Gasteiger partial charge in [-0.1, -0.05) is 0 Å². The van der Waals surface area contributed by atoms with Gasteiger partial charge in [0.2, 0.25) is 0 Å². The van der Waals surface area contributed by atoms with Crippen molar-refractivity contribution < 1.29 is 14.7 Å². The van der Waals surface area contributed by atoms with Gasteiger partial charge in [-0.05, 0) is 20.8 Å². The smallest absolute Gasteiger partial charge is 0.329 e. The maximum Gasteiger partial charge on any atom is 0.329 e. The molecule has 0 fully saturated rings. The van der Waals surface area contributed by atoms with Crippen LogP contribution in [-0.4, -0.2) is 47.2 Å². The summed E-state index contributed by atoms with van der Waals surface area (Å²) in [6.07, 6.45) is 0. The van der Waals surface area contributed by atoms with Gasteiger partial charge in [-0.25, -0.2) is 9.59 Å². The third kappa shape index (κ3) is 3.39. The molecular formula is C9H19N3O3. The van der Waals surface area contributed by atoms with E-state index in [9.17, 15) is 9.59 Å². The molecule has 6 nitrogen and oxygen atoms in total. The van der Waals surface area contributed by atoms with Crippen LogP contribution in [0.5, 0.6) is 0 Å². The molecule has 0 aliphatic rings. The van der Waals surface area contributed by atoms with Crippen molar-refractivity contribution in [1.29, 1.82) is 0 Å². The summed E-state index contributed by atoms with van der Waals surface area (Å²) < 4.78 is 0. The lowest BCUT2D eigenvalue weighted by Crippen LogP contribution is -2.56. The van der Waals surface area contributed by atoms with Crippen molar-refractivity contribution in [3.63, 3.8) is 0 Å². The molecule has 6 heteroatoms. The summed E-state index contributed by atoms with van der Waals surface area (Å²) >= 11 is 0. The van der Waals surface area contributed by atoms with Gasteiger partial charge in [-0.15, -0.1) is 0 Å². The van der Waals surface area contributed by atoms with Gasteiger partial charge in [0.05, 0.1) is 0 Å². The van der Waals surface area contributed by atoms with E-state index in [4.69, 9.17) is 10.8 Å². The van der Waals surface area contributed by atoms with E-state index in [1.807, 2.05) is 0 Å². The number of carboxylic acid groups (broad SMARTS) is 1. The number of nitrogens with one attached hydrogen (secondary N) is 1. The quantitative estimate of drug-likeness (QED) is 0.596. The summed E-state index contributed by atoms with van der Waals surface area (Å²) in [5.41, 5.74) is 4.02. The van der Waals surface area contributed by atoms with Crippen molar-refractivity contribution in [2.75, 3.05) is 19.6 Å². The first kappa shape index (κ1) is 13.7. The van der Waals surface area contributed by atoms with E-state index in [0.29, 0.717) is 19.6 Å². The molecule has 2 amide bonds. The second-order valence-corrected chi connectivity index (χ2v) is 3.63. The van der Waals surface area contributed by atoms with Crippen molar-refractivity contribution in [3.8, 4) is 0 Å². The van der Waals surface area contributed by atoms with E-state index in [-0.39, 0.29) is 0 Å². The number of nitrogens with zero attached hydrogens (tertiary/aromatic N) is 1. The van der Waals surface area contributed by atoms with Gasteiger partial charge in [0.1, 0.15) is 5.54 Å². The number of carbonyl (C=O) groups excluding carboxylic acids is 1. The van der Waals surface area contributed by atoms with Crippen molar-refractivity contribution in [2.24, 2.45) is 5.73 Å². The molecule has 0 heterocycles. The standard InChI is InChI=1S/C9H19N3O3/c1-4-12(8(15)11-6-5-10)9(2,3)7(13)14/h4-6,10H2,1-3H3,(H,11,15)(H,13,14). The maximum atomic E-state index is 11.6. The van der Waals surface area contributed by atoms with Gasteiger partial charge < -0.3 is 21.1 Å². The van der Waals surface area contributed by atoms with Gasteiger partial charge in [-0.2, -0.15) is 0 Å². The predicted molar refractivity (Wildman–Crippen MR) is 56.5 cm³/mol. The van der Waals surface area contributed by atoms with Crippen LogP contribution < -0.4 is 11.1 Å². The summed E-state index contributed by atoms with van der Waals surface area (Å²) in [7, 11) is 0. The van der Waals surface area contributed by atoms with E-state index in [0.717, 1.165) is 0 Å². The summed E-state index contributed by atoms with van der Waals surface area (Å²) in [5, 5.41) is 11.5. The molecule has 88 valence electrons. The van der Waals surface area contributed by atoms with Gasteiger partial charge in [-0.3, -0.25) is 0 Å². The van der Waals surface area contributed by atoms with Crippen molar-refractivity contribution >= 4 is 12.0 Å². The van der Waals surface area contributed by atoms with Crippen LogP contribution in [0.2, 0.25) is 0 Å². The first-order chi connectivity index (χ1) is 6.87. The zero-order valence-electron chi connectivity index (χ0n) is 9.41. The molecule has 0 unspecified atom stereocenters. The molecule has 0 aliphatic carbocycles. The van der Waals surface area contributed by atoms with Crippen LogP contribution in [0, 0.1) is 0 Å². The molecule has 0 atom stereocenters. The molecule has 0 radical (unpaired) electrons. The molecule has 0 saturated carbocycles. The number of amides is 2. The lowest BCUT2D eigenvalue weighted by molar-refractivity contribution is -0.147. The third-order valence-electron chi connectivity index (χ3n) is 2.18. The van der Waals surface area contributed by atoms with Crippen LogP contribution in [0.15, 0.2) is 0 Å². The summed E-state index contributed by atoms with van der Waals surface area (Å²) in [4.78, 5) is 23.8. The molecule has 4 N–H and O–H groups in total. The fourth-order valence-electron chi connectivity index (χ4n) is 1.18. The van der Waals surface area contributed by atoms with Crippen molar-refractivity contribution in [3.05, 3.63) is 0 Å². The second-order valence-electron chi connectivity index (χ2n) is 3.63. The minimum absolute atomic E-state index is 0.329. The highest BCUT2D eigenvalue weighted by Crippen LogP contribution is 2.14. The van der Waals surface area contributed by atoms with Crippen molar-refractivity contribution in [2.45, 2.75) is 26.3 Å². The largest absolute Gasteiger partial charge is 0.480 e. The Bertz CT molecular complexity index is 241. The minimum Gasteiger partial charge on any atom is -0.480 e. The second kappa shape index (κ2) is 5.55. The Morgan fingerprint density at radius 3 is 2.33 bits per heavy atom. The average molecular weight is 217 g/mol. The number of likely N-dealkylation sites (N-methyl/N-ethyl adjacent to an activating group) is 1. The lowest BCUT2D eigenvalue weighted by Gasteiger charge is -2.34. The van der Waals surface area contributed by atoms with Crippen LogP contribution >= 0.6 is 0 Å². The fraction of sp³-hybridized carbons (Fsp3) is 0.778. The fourth-order valence-corrected chi connectivity index (χ4v) is 1.18. The number of nitrogens with two attached hydrogens (primary N) is 1. The summed E-state index contributed by atoms with van der Waals surface area (Å²) in [6, 6.07) is -0.407. The van der Waals surface area contributed by atoms with E-state index in [1.54, 1.807) is 6.92 Å². The maximum absolute atomic E-state index is 11.6. The minimum atomic E-state index is -1.21. The highest BCUT2D eigenvalue weighted by Gasteiger charge is 2.36. The first-order valence-corrected chi connectivity index (χ1v) is 4.86. The number of carbonyl (C=O) groups is 2. The van der Waals surface area contributed by atoms with Crippen LogP contribution in [-0.2, 0) is 4.79 Å². The molecule has 0 rings (SSSR count). The SMILES string of the molecule is CCN(C(=O)NCCN)C(C)(C)C(=O)O. The van der Waals surface area contributed by atoms with Gasteiger partial charge in [0.25, 0.3) is 0 Å². The Balaban J connectivity index is 4.61. The Kier molecular flexibility index (Phi) is 5.07. The summed E-state index contributed by atoms with van der Waals surface area (Å²) in [6.45, 7) is 5.70. The number of hydrogen-bond donors (Lipinski definition) is 3. The predicted octanol–water partition coefficient (Wildman–Crippen LogP) is -0.160. The van der Waals surface area contributed by atoms with Gasteiger partial charge in [0, 0.05) is 19.6 Å². The normalized spacial score (nSPS) is 10.9. The molecule has 0 aliphatic heterocycles. The molecule has 0 saturated heterocycles. The third-order valence-corrected chi connectivity index (χ3v) is 2.18. The number of urea groups is 1. The van der Waals surface area contributed by atoms with E-state index < -0.39 is 17.5 Å². The van der Waals surface area contributed by atoms with E-state index in [2.05, 4.69) is 5.32 Å². The molecular weight excluding hydrogens is 198 g/mol. The highest BCUT2D eigenvalue weighted by molar-refractivity contribution is 5.85. The zero-order chi connectivity index (χ0) is 12.1. The Labute approximate surface area is 89.4 Å². The van der Waals surface area contributed by atoms with Crippen molar-refractivity contribution in [1.82, 2.24) is 10.2 Å². The Hall–Kier alpha value is -1.30. The van der Waals surface area contributed by atoms with E-state index >= 15 is 0 Å². The number of rotatable bonds is 5. The number of hydrogen-bond acceptors (Lipinski definition) is 3. The van der Waals surface area contributed by atoms with Crippen LogP contribution in [0.3, 0.4) is 0 Å². The molecule has 0 aromatic rings. The number of aliphatic carboxylic acids is 1.